The lowest BCUT2D eigenvalue weighted by molar-refractivity contribution is 0.0728. The summed E-state index contributed by atoms with van der Waals surface area (Å²) in [4.78, 5) is 36.8. The smallest absolute Gasteiger partial charge is 0.317 e. The quantitative estimate of drug-likeness (QED) is 0.576. The van der Waals surface area contributed by atoms with Gasteiger partial charge >= 0.3 is 6.03 Å². The fourth-order valence-corrected chi connectivity index (χ4v) is 4.24. The maximum Gasteiger partial charge on any atom is 0.317 e. The summed E-state index contributed by atoms with van der Waals surface area (Å²) in [7, 11) is 4.03. The molecule has 7 nitrogen and oxygen atoms in total. The molecule has 1 fully saturated rings. The molecule has 0 spiro atoms. The molecule has 0 radical (unpaired) electrons. The molecule has 1 N–H and O–H groups in total. The van der Waals surface area contributed by atoms with Crippen molar-refractivity contribution in [2.24, 2.45) is 0 Å². The van der Waals surface area contributed by atoms with Crippen molar-refractivity contribution in [3.8, 4) is 0 Å². The van der Waals surface area contributed by atoms with E-state index in [1.54, 1.807) is 6.08 Å². The van der Waals surface area contributed by atoms with Gasteiger partial charge in [0, 0.05) is 50.9 Å². The second-order valence-electron chi connectivity index (χ2n) is 9.14. The van der Waals surface area contributed by atoms with Crippen molar-refractivity contribution in [3.63, 3.8) is 0 Å². The number of nitrogens with one attached hydrogen (secondary N) is 1. The summed E-state index contributed by atoms with van der Waals surface area (Å²) in [5.74, 6) is 0.161. The van der Waals surface area contributed by atoms with E-state index in [4.69, 9.17) is 4.98 Å². The van der Waals surface area contributed by atoms with Crippen LogP contribution < -0.4 is 5.32 Å². The van der Waals surface area contributed by atoms with Crippen LogP contribution in [0.3, 0.4) is 0 Å². The summed E-state index contributed by atoms with van der Waals surface area (Å²) in [6, 6.07) is 13.9. The number of carbonyl (C=O) groups is 2. The van der Waals surface area contributed by atoms with Gasteiger partial charge in [-0.05, 0) is 51.6 Å². The maximum absolute atomic E-state index is 13.8. The number of hydrogen-bond acceptors (Lipinski definition) is 4. The van der Waals surface area contributed by atoms with Crippen LogP contribution >= 0.6 is 0 Å². The van der Waals surface area contributed by atoms with Gasteiger partial charge in [0.1, 0.15) is 0 Å². The van der Waals surface area contributed by atoms with Crippen molar-refractivity contribution >= 4 is 11.9 Å². The van der Waals surface area contributed by atoms with E-state index in [0.29, 0.717) is 38.3 Å². The molecule has 1 aliphatic rings. The van der Waals surface area contributed by atoms with Gasteiger partial charge in [-0.1, -0.05) is 36.4 Å². The predicted molar refractivity (Wildman–Crippen MR) is 136 cm³/mol. The topological polar surface area (TPSA) is 68.8 Å². The first-order valence-electron chi connectivity index (χ1n) is 12.0. The lowest BCUT2D eigenvalue weighted by Crippen LogP contribution is -2.44. The van der Waals surface area contributed by atoms with Gasteiger partial charge in [0.25, 0.3) is 5.91 Å². The zero-order valence-corrected chi connectivity index (χ0v) is 20.7. The number of hydrogen-bond donors (Lipinski definition) is 1. The van der Waals surface area contributed by atoms with Crippen LogP contribution in [0.15, 0.2) is 55.1 Å². The Labute approximate surface area is 203 Å². The third-order valence-corrected chi connectivity index (χ3v) is 6.18. The molecule has 7 heteroatoms. The summed E-state index contributed by atoms with van der Waals surface area (Å²) < 4.78 is 0. The summed E-state index contributed by atoms with van der Waals surface area (Å²) >= 11 is 0. The summed E-state index contributed by atoms with van der Waals surface area (Å²) in [6.07, 6.45) is 3.25. The van der Waals surface area contributed by atoms with Gasteiger partial charge in [0.2, 0.25) is 0 Å². The molecule has 2 heterocycles. The number of likely N-dealkylation sites (tertiary alicyclic amines) is 1. The Kier molecular flexibility index (Phi) is 9.22. The minimum atomic E-state index is -0.0652. The van der Waals surface area contributed by atoms with E-state index >= 15 is 0 Å². The highest BCUT2D eigenvalue weighted by molar-refractivity contribution is 5.95. The van der Waals surface area contributed by atoms with Gasteiger partial charge < -0.3 is 20.0 Å². The van der Waals surface area contributed by atoms with Crippen molar-refractivity contribution in [1.29, 1.82) is 0 Å². The second-order valence-corrected chi connectivity index (χ2v) is 9.14. The molecule has 3 amide bonds. The zero-order valence-electron chi connectivity index (χ0n) is 20.7. The van der Waals surface area contributed by atoms with Crippen LogP contribution in [0, 0.1) is 6.92 Å². The van der Waals surface area contributed by atoms with Crippen LogP contribution in [0.4, 0.5) is 4.79 Å². The summed E-state index contributed by atoms with van der Waals surface area (Å²) in [5, 5.41) is 2.85. The Balaban J connectivity index is 1.79. The van der Waals surface area contributed by atoms with Gasteiger partial charge in [-0.2, -0.15) is 0 Å². The highest BCUT2D eigenvalue weighted by Crippen LogP contribution is 2.30. The van der Waals surface area contributed by atoms with Crippen LogP contribution in [0.25, 0.3) is 0 Å². The maximum atomic E-state index is 13.8. The van der Waals surface area contributed by atoms with E-state index in [9.17, 15) is 9.59 Å². The molecule has 2 aromatic rings. The third-order valence-electron chi connectivity index (χ3n) is 6.18. The molecular formula is C27H37N5O2. The lowest BCUT2D eigenvalue weighted by Gasteiger charge is -2.33. The lowest BCUT2D eigenvalue weighted by atomic mass is 9.89. The molecule has 1 aliphatic heterocycles. The van der Waals surface area contributed by atoms with E-state index in [0.717, 1.165) is 36.3 Å². The largest absolute Gasteiger partial charge is 0.335 e. The van der Waals surface area contributed by atoms with Crippen molar-refractivity contribution in [1.82, 2.24) is 25.0 Å². The van der Waals surface area contributed by atoms with Crippen LogP contribution in [-0.2, 0) is 6.54 Å². The van der Waals surface area contributed by atoms with Crippen LogP contribution in [0.2, 0.25) is 0 Å². The highest BCUT2D eigenvalue weighted by atomic mass is 16.2. The molecule has 0 bridgehead atoms. The SMILES string of the molecule is C=CCNC(=O)N1CCC(c2nc(C)ccc2C(=O)N(CCN(C)C)Cc2ccccc2)CC1. The Morgan fingerprint density at radius 1 is 1.12 bits per heavy atom. The molecule has 34 heavy (non-hydrogen) atoms. The van der Waals surface area contributed by atoms with Crippen LogP contribution in [-0.4, -0.2) is 78.4 Å². The number of rotatable bonds is 9. The molecule has 0 atom stereocenters. The monoisotopic (exact) mass is 463 g/mol. The molecule has 1 saturated heterocycles. The number of benzene rings is 1. The molecule has 0 aliphatic carbocycles. The van der Waals surface area contributed by atoms with E-state index in [1.807, 2.05) is 61.2 Å². The number of aromatic nitrogens is 1. The zero-order chi connectivity index (χ0) is 24.5. The Morgan fingerprint density at radius 3 is 2.47 bits per heavy atom. The molecular weight excluding hydrogens is 426 g/mol. The van der Waals surface area contributed by atoms with Crippen LogP contribution in [0.1, 0.15) is 46.1 Å². The number of amides is 3. The molecule has 1 aromatic carbocycles. The molecule has 1 aromatic heterocycles. The minimum Gasteiger partial charge on any atom is -0.335 e. The fraction of sp³-hybridized carbons (Fsp3) is 0.444. The molecule has 0 saturated carbocycles. The van der Waals surface area contributed by atoms with Crippen LogP contribution in [0.5, 0.6) is 0 Å². The first kappa shape index (κ1) is 25.4. The van der Waals surface area contributed by atoms with Crippen molar-refractivity contribution in [3.05, 3.63) is 77.6 Å². The first-order valence-corrected chi connectivity index (χ1v) is 12.0. The van der Waals surface area contributed by atoms with Crippen molar-refractivity contribution < 1.29 is 9.59 Å². The molecule has 182 valence electrons. The number of pyridine rings is 1. The number of urea groups is 1. The Morgan fingerprint density at radius 2 is 1.82 bits per heavy atom. The van der Waals surface area contributed by atoms with Crippen molar-refractivity contribution in [2.75, 3.05) is 46.8 Å². The molecule has 0 unspecified atom stereocenters. The number of carbonyl (C=O) groups excluding carboxylic acids is 2. The second kappa shape index (κ2) is 12.3. The van der Waals surface area contributed by atoms with E-state index < -0.39 is 0 Å². The number of aryl methyl sites for hydroxylation is 1. The normalized spacial score (nSPS) is 14.2. The minimum absolute atomic E-state index is 0.0133. The Hall–Kier alpha value is -3.19. The highest BCUT2D eigenvalue weighted by Gasteiger charge is 2.29. The standard InChI is InChI=1S/C27H37N5O2/c1-5-15-28-27(34)31-16-13-23(14-17-31)25-24(12-11-21(2)29-25)26(33)32(19-18-30(3)4)20-22-9-7-6-8-10-22/h5-12,23H,1,13-20H2,2-4H3,(H,28,34). The fourth-order valence-electron chi connectivity index (χ4n) is 4.24. The predicted octanol–water partition coefficient (Wildman–Crippen LogP) is 3.67. The van der Waals surface area contributed by atoms with Crippen molar-refractivity contribution in [2.45, 2.75) is 32.2 Å². The number of piperidine rings is 1. The van der Waals surface area contributed by atoms with Gasteiger partial charge in [-0.15, -0.1) is 6.58 Å². The van der Waals surface area contributed by atoms with Gasteiger partial charge in [-0.3, -0.25) is 9.78 Å². The van der Waals surface area contributed by atoms with E-state index in [2.05, 4.69) is 28.9 Å². The van der Waals surface area contributed by atoms with E-state index in [1.165, 1.54) is 0 Å². The van der Waals surface area contributed by atoms with E-state index in [-0.39, 0.29) is 17.9 Å². The number of nitrogens with zero attached hydrogens (tertiary/aromatic N) is 4. The molecule has 3 rings (SSSR count). The van der Waals surface area contributed by atoms with Gasteiger partial charge in [0.15, 0.2) is 0 Å². The number of likely N-dealkylation sites (N-methyl/N-ethyl adjacent to an activating group) is 1. The average molecular weight is 464 g/mol. The average Bonchev–Trinajstić information content (AvgIpc) is 2.85. The summed E-state index contributed by atoms with van der Waals surface area (Å²) in [5.41, 5.74) is 3.55. The van der Waals surface area contributed by atoms with Gasteiger partial charge in [-0.25, -0.2) is 4.79 Å². The Bertz CT molecular complexity index is 968. The summed E-state index contributed by atoms with van der Waals surface area (Å²) in [6.45, 7) is 9.33. The third kappa shape index (κ3) is 6.90. The first-order chi connectivity index (χ1) is 16.4. The van der Waals surface area contributed by atoms with Gasteiger partial charge in [0.05, 0.1) is 11.3 Å².